The molecule has 0 aliphatic rings. The van der Waals surface area contributed by atoms with Crippen molar-refractivity contribution in [3.63, 3.8) is 0 Å². The third kappa shape index (κ3) is 6.35. The summed E-state index contributed by atoms with van der Waals surface area (Å²) in [5.41, 5.74) is 0.170. The van der Waals surface area contributed by atoms with Gasteiger partial charge in [0, 0.05) is 6.26 Å². The fourth-order valence-corrected chi connectivity index (χ4v) is 1.56. The molecular formula is C8H18O2S. The maximum Gasteiger partial charge on any atom is 0.147 e. The van der Waals surface area contributed by atoms with Crippen LogP contribution in [-0.2, 0) is 9.84 Å². The Morgan fingerprint density at radius 1 is 1.27 bits per heavy atom. The quantitative estimate of drug-likeness (QED) is 0.658. The van der Waals surface area contributed by atoms with E-state index in [0.29, 0.717) is 5.75 Å². The predicted octanol–water partition coefficient (Wildman–Crippen LogP) is 1.86. The summed E-state index contributed by atoms with van der Waals surface area (Å²) in [5, 5.41) is 0. The van der Waals surface area contributed by atoms with Crippen molar-refractivity contribution in [3.8, 4) is 0 Å². The number of sulfone groups is 1. The van der Waals surface area contributed by atoms with Gasteiger partial charge in [-0.05, 0) is 11.8 Å². The van der Waals surface area contributed by atoms with Gasteiger partial charge in [-0.1, -0.05) is 27.2 Å². The van der Waals surface area contributed by atoms with Crippen LogP contribution in [0.2, 0.25) is 0 Å². The molecule has 0 saturated heterocycles. The van der Waals surface area contributed by atoms with Gasteiger partial charge in [0.05, 0.1) is 5.75 Å². The Hall–Kier alpha value is -0.0500. The summed E-state index contributed by atoms with van der Waals surface area (Å²) in [6.07, 6.45) is 3.09. The molecule has 0 fully saturated rings. The van der Waals surface area contributed by atoms with Gasteiger partial charge < -0.3 is 0 Å². The Labute approximate surface area is 69.9 Å². The molecule has 0 aromatic carbocycles. The monoisotopic (exact) mass is 178 g/mol. The van der Waals surface area contributed by atoms with Gasteiger partial charge in [0.2, 0.25) is 0 Å². The summed E-state index contributed by atoms with van der Waals surface area (Å²) >= 11 is 0. The largest absolute Gasteiger partial charge is 0.229 e. The van der Waals surface area contributed by atoms with Crippen LogP contribution >= 0.6 is 0 Å². The van der Waals surface area contributed by atoms with Gasteiger partial charge in [-0.15, -0.1) is 0 Å². The van der Waals surface area contributed by atoms with E-state index >= 15 is 0 Å². The van der Waals surface area contributed by atoms with E-state index in [4.69, 9.17) is 0 Å². The van der Waals surface area contributed by atoms with Gasteiger partial charge in [-0.25, -0.2) is 8.42 Å². The molecule has 0 radical (unpaired) electrons. The van der Waals surface area contributed by atoms with Gasteiger partial charge in [-0.2, -0.15) is 0 Å². The van der Waals surface area contributed by atoms with Crippen molar-refractivity contribution >= 4 is 9.84 Å². The molecule has 0 heterocycles. The molecule has 0 aromatic rings. The zero-order valence-electron chi connectivity index (χ0n) is 7.85. The first-order chi connectivity index (χ1) is 4.77. The highest BCUT2D eigenvalue weighted by Gasteiger charge is 2.17. The zero-order chi connectivity index (χ0) is 9.12. The molecule has 0 amide bonds. The summed E-state index contributed by atoms with van der Waals surface area (Å²) in [5.74, 6) is 0.313. The summed E-state index contributed by atoms with van der Waals surface area (Å²) < 4.78 is 21.6. The molecule has 0 unspecified atom stereocenters. The van der Waals surface area contributed by atoms with Crippen LogP contribution in [-0.4, -0.2) is 20.4 Å². The average Bonchev–Trinajstić information content (AvgIpc) is 1.83. The van der Waals surface area contributed by atoms with E-state index in [-0.39, 0.29) is 5.41 Å². The molecule has 0 aliphatic heterocycles. The molecular weight excluding hydrogens is 160 g/mol. The van der Waals surface area contributed by atoms with Gasteiger partial charge >= 0.3 is 0 Å². The molecule has 0 atom stereocenters. The minimum atomic E-state index is -2.77. The molecule has 0 aromatic heterocycles. The smallest absolute Gasteiger partial charge is 0.147 e. The Kier molecular flexibility index (Phi) is 3.55. The van der Waals surface area contributed by atoms with Crippen molar-refractivity contribution in [2.24, 2.45) is 5.41 Å². The third-order valence-electron chi connectivity index (χ3n) is 2.11. The second-order valence-corrected chi connectivity index (χ2v) is 6.16. The lowest BCUT2D eigenvalue weighted by Gasteiger charge is -2.21. The normalized spacial score (nSPS) is 13.5. The van der Waals surface area contributed by atoms with E-state index in [2.05, 4.69) is 20.8 Å². The third-order valence-corrected chi connectivity index (χ3v) is 3.05. The molecule has 0 saturated carbocycles. The van der Waals surface area contributed by atoms with Crippen LogP contribution in [0.1, 0.15) is 33.6 Å². The van der Waals surface area contributed by atoms with Crippen molar-refractivity contribution in [1.29, 1.82) is 0 Å². The molecule has 0 rings (SSSR count). The van der Waals surface area contributed by atoms with Gasteiger partial charge in [0.15, 0.2) is 0 Å². The lowest BCUT2D eigenvalue weighted by Crippen LogP contribution is -2.15. The van der Waals surface area contributed by atoms with Crippen molar-refractivity contribution in [3.05, 3.63) is 0 Å². The lowest BCUT2D eigenvalue weighted by molar-refractivity contribution is 0.338. The second kappa shape index (κ2) is 3.57. The minimum absolute atomic E-state index is 0.170. The lowest BCUT2D eigenvalue weighted by atomic mass is 9.87. The number of hydrogen-bond acceptors (Lipinski definition) is 2. The van der Waals surface area contributed by atoms with E-state index in [1.165, 1.54) is 6.26 Å². The number of rotatable bonds is 4. The standard InChI is InChI=1S/C8H18O2S/c1-5-8(2,3)6-7-11(4,9)10/h5-7H2,1-4H3. The van der Waals surface area contributed by atoms with Gasteiger partial charge in [0.25, 0.3) is 0 Å². The van der Waals surface area contributed by atoms with Crippen LogP contribution in [0.15, 0.2) is 0 Å². The summed E-state index contributed by atoms with van der Waals surface area (Å²) in [7, 11) is -2.77. The Morgan fingerprint density at radius 3 is 2.00 bits per heavy atom. The highest BCUT2D eigenvalue weighted by Crippen LogP contribution is 2.24. The summed E-state index contributed by atoms with van der Waals surface area (Å²) in [4.78, 5) is 0. The van der Waals surface area contributed by atoms with Crippen LogP contribution < -0.4 is 0 Å². The second-order valence-electron chi connectivity index (χ2n) is 3.90. The van der Waals surface area contributed by atoms with Crippen LogP contribution in [0.4, 0.5) is 0 Å². The molecule has 68 valence electrons. The predicted molar refractivity (Wildman–Crippen MR) is 48.4 cm³/mol. The minimum Gasteiger partial charge on any atom is -0.229 e. The van der Waals surface area contributed by atoms with Crippen LogP contribution in [0.3, 0.4) is 0 Å². The fraction of sp³-hybridized carbons (Fsp3) is 1.00. The first-order valence-electron chi connectivity index (χ1n) is 3.94. The Balaban J connectivity index is 3.90. The van der Waals surface area contributed by atoms with E-state index in [1.807, 2.05) is 0 Å². The van der Waals surface area contributed by atoms with Gasteiger partial charge in [0.1, 0.15) is 9.84 Å². The highest BCUT2D eigenvalue weighted by atomic mass is 32.2. The molecule has 0 aliphatic carbocycles. The van der Waals surface area contributed by atoms with Crippen LogP contribution in [0.25, 0.3) is 0 Å². The highest BCUT2D eigenvalue weighted by molar-refractivity contribution is 7.90. The topological polar surface area (TPSA) is 34.1 Å². The molecule has 0 N–H and O–H groups in total. The Morgan fingerprint density at radius 2 is 1.73 bits per heavy atom. The van der Waals surface area contributed by atoms with E-state index < -0.39 is 9.84 Å². The molecule has 0 spiro atoms. The zero-order valence-corrected chi connectivity index (χ0v) is 8.66. The number of hydrogen-bond donors (Lipinski definition) is 0. The van der Waals surface area contributed by atoms with Crippen LogP contribution in [0.5, 0.6) is 0 Å². The van der Waals surface area contributed by atoms with Crippen molar-refractivity contribution < 1.29 is 8.42 Å². The maximum atomic E-state index is 10.8. The van der Waals surface area contributed by atoms with Crippen molar-refractivity contribution in [1.82, 2.24) is 0 Å². The van der Waals surface area contributed by atoms with Gasteiger partial charge in [-0.3, -0.25) is 0 Å². The molecule has 2 nitrogen and oxygen atoms in total. The molecule has 3 heteroatoms. The SMILES string of the molecule is CCC(C)(C)CCS(C)(=O)=O. The first-order valence-corrected chi connectivity index (χ1v) is 6.00. The molecule has 11 heavy (non-hydrogen) atoms. The van der Waals surface area contributed by atoms with Crippen molar-refractivity contribution in [2.45, 2.75) is 33.6 Å². The fourth-order valence-electron chi connectivity index (χ4n) is 0.638. The maximum absolute atomic E-state index is 10.8. The summed E-state index contributed by atoms with van der Waals surface area (Å²) in [6.45, 7) is 6.28. The van der Waals surface area contributed by atoms with Crippen LogP contribution in [0, 0.1) is 5.41 Å². The van der Waals surface area contributed by atoms with E-state index in [1.54, 1.807) is 0 Å². The Bertz CT molecular complexity index is 202. The van der Waals surface area contributed by atoms with Crippen molar-refractivity contribution in [2.75, 3.05) is 12.0 Å². The van der Waals surface area contributed by atoms with E-state index in [9.17, 15) is 8.42 Å². The average molecular weight is 178 g/mol. The van der Waals surface area contributed by atoms with E-state index in [0.717, 1.165) is 12.8 Å². The first kappa shape index (κ1) is 11.0. The summed E-state index contributed by atoms with van der Waals surface area (Å²) in [6, 6.07) is 0. The molecule has 0 bridgehead atoms.